The zero-order valence-corrected chi connectivity index (χ0v) is 13.7. The summed E-state index contributed by atoms with van der Waals surface area (Å²) in [6, 6.07) is 24.9. The van der Waals surface area contributed by atoms with E-state index >= 15 is 0 Å². The van der Waals surface area contributed by atoms with Gasteiger partial charge in [0.25, 0.3) is 0 Å². The lowest BCUT2D eigenvalue weighted by molar-refractivity contribution is 0.414. The zero-order chi connectivity index (χ0) is 16.8. The predicted molar refractivity (Wildman–Crippen MR) is 100 cm³/mol. The number of hydrogen-bond donors (Lipinski definition) is 0. The third-order valence-electron chi connectivity index (χ3n) is 4.59. The van der Waals surface area contributed by atoms with Crippen LogP contribution in [0.1, 0.15) is 0 Å². The van der Waals surface area contributed by atoms with Crippen molar-refractivity contribution in [2.45, 2.75) is 0 Å². The number of aromatic nitrogens is 3. The molecule has 0 aliphatic heterocycles. The van der Waals surface area contributed by atoms with Crippen LogP contribution in [0.25, 0.3) is 38.3 Å². The van der Waals surface area contributed by atoms with Crippen molar-refractivity contribution in [3.63, 3.8) is 0 Å². The van der Waals surface area contributed by atoms with Crippen LogP contribution in [0.2, 0.25) is 0 Å². The largest absolute Gasteiger partial charge is 0.497 e. The summed E-state index contributed by atoms with van der Waals surface area (Å²) >= 11 is 0. The minimum atomic E-state index is 0.824. The SMILES string of the molecule is COc1ccc(-n2nnc3cc4cc5ccccc5cc4cc32)cc1. The Labute approximate surface area is 144 Å². The van der Waals surface area contributed by atoms with E-state index in [0.717, 1.165) is 22.5 Å². The van der Waals surface area contributed by atoms with E-state index < -0.39 is 0 Å². The molecule has 0 saturated carbocycles. The highest BCUT2D eigenvalue weighted by Gasteiger charge is 2.09. The molecule has 0 aliphatic rings. The Kier molecular flexibility index (Phi) is 2.97. The summed E-state index contributed by atoms with van der Waals surface area (Å²) in [4.78, 5) is 0. The summed E-state index contributed by atoms with van der Waals surface area (Å²) in [6.07, 6.45) is 0. The number of benzene rings is 4. The lowest BCUT2D eigenvalue weighted by atomic mass is 10.0. The lowest BCUT2D eigenvalue weighted by Gasteiger charge is -2.06. The average molecular weight is 325 g/mol. The second kappa shape index (κ2) is 5.31. The fraction of sp³-hybridized carbons (Fsp3) is 0.0476. The molecule has 5 aromatic rings. The maximum Gasteiger partial charge on any atom is 0.119 e. The van der Waals surface area contributed by atoms with Gasteiger partial charge in [-0.3, -0.25) is 0 Å². The van der Waals surface area contributed by atoms with Crippen LogP contribution in [0.4, 0.5) is 0 Å². The summed E-state index contributed by atoms with van der Waals surface area (Å²) in [6.45, 7) is 0. The molecule has 0 saturated heterocycles. The van der Waals surface area contributed by atoms with E-state index in [4.69, 9.17) is 4.74 Å². The molecule has 0 radical (unpaired) electrons. The Balaban J connectivity index is 1.75. The maximum absolute atomic E-state index is 5.23. The average Bonchev–Trinajstić information content (AvgIpc) is 3.07. The van der Waals surface area contributed by atoms with Crippen LogP contribution >= 0.6 is 0 Å². The molecule has 0 atom stereocenters. The van der Waals surface area contributed by atoms with Crippen molar-refractivity contribution >= 4 is 32.6 Å². The van der Waals surface area contributed by atoms with Gasteiger partial charge in [0.1, 0.15) is 11.3 Å². The molecule has 0 bridgehead atoms. The van der Waals surface area contributed by atoms with Crippen molar-refractivity contribution in [1.29, 1.82) is 0 Å². The first-order chi connectivity index (χ1) is 12.3. The van der Waals surface area contributed by atoms with Crippen molar-refractivity contribution < 1.29 is 4.74 Å². The van der Waals surface area contributed by atoms with Crippen LogP contribution in [0.3, 0.4) is 0 Å². The highest BCUT2D eigenvalue weighted by Crippen LogP contribution is 2.27. The molecule has 1 heterocycles. The van der Waals surface area contributed by atoms with Crippen molar-refractivity contribution in [2.24, 2.45) is 0 Å². The molecule has 25 heavy (non-hydrogen) atoms. The van der Waals surface area contributed by atoms with Crippen molar-refractivity contribution in [2.75, 3.05) is 7.11 Å². The van der Waals surface area contributed by atoms with E-state index in [2.05, 4.69) is 58.8 Å². The van der Waals surface area contributed by atoms with Crippen molar-refractivity contribution in [1.82, 2.24) is 15.0 Å². The molecular formula is C21H15N3O. The molecule has 120 valence electrons. The quantitative estimate of drug-likeness (QED) is 0.440. The van der Waals surface area contributed by atoms with Crippen LogP contribution in [0.5, 0.6) is 5.75 Å². The van der Waals surface area contributed by atoms with Crippen LogP contribution in [-0.4, -0.2) is 22.1 Å². The Hall–Kier alpha value is -3.40. The fourth-order valence-electron chi connectivity index (χ4n) is 3.27. The van der Waals surface area contributed by atoms with Gasteiger partial charge in [0.05, 0.1) is 18.3 Å². The molecule has 4 heteroatoms. The summed E-state index contributed by atoms with van der Waals surface area (Å²) in [7, 11) is 1.66. The second-order valence-corrected chi connectivity index (χ2v) is 6.09. The van der Waals surface area contributed by atoms with Gasteiger partial charge in [0.15, 0.2) is 0 Å². The minimum Gasteiger partial charge on any atom is -0.497 e. The Morgan fingerprint density at radius 3 is 2.12 bits per heavy atom. The molecule has 0 fully saturated rings. The fourth-order valence-corrected chi connectivity index (χ4v) is 3.27. The second-order valence-electron chi connectivity index (χ2n) is 6.09. The third-order valence-corrected chi connectivity index (χ3v) is 4.59. The van der Waals surface area contributed by atoms with Gasteiger partial charge in [0.2, 0.25) is 0 Å². The number of methoxy groups -OCH3 is 1. The highest BCUT2D eigenvalue weighted by atomic mass is 16.5. The highest BCUT2D eigenvalue weighted by molar-refractivity contribution is 6.03. The molecule has 0 unspecified atom stereocenters. The van der Waals surface area contributed by atoms with E-state index in [1.165, 1.54) is 21.5 Å². The van der Waals surface area contributed by atoms with Crippen LogP contribution in [0, 0.1) is 0 Å². The molecule has 4 aromatic carbocycles. The maximum atomic E-state index is 5.23. The zero-order valence-electron chi connectivity index (χ0n) is 13.7. The molecule has 4 nitrogen and oxygen atoms in total. The Morgan fingerprint density at radius 1 is 0.760 bits per heavy atom. The van der Waals surface area contributed by atoms with Crippen LogP contribution in [0.15, 0.2) is 72.8 Å². The normalized spacial score (nSPS) is 11.4. The molecule has 0 amide bonds. The smallest absolute Gasteiger partial charge is 0.119 e. The van der Waals surface area contributed by atoms with E-state index in [0.29, 0.717) is 0 Å². The van der Waals surface area contributed by atoms with Gasteiger partial charge in [-0.05, 0) is 70.1 Å². The summed E-state index contributed by atoms with van der Waals surface area (Å²) < 4.78 is 7.09. The minimum absolute atomic E-state index is 0.824. The van der Waals surface area contributed by atoms with Crippen molar-refractivity contribution in [3.8, 4) is 11.4 Å². The third kappa shape index (κ3) is 2.22. The molecule has 0 spiro atoms. The number of ether oxygens (including phenoxy) is 1. The first kappa shape index (κ1) is 14.0. The van der Waals surface area contributed by atoms with Gasteiger partial charge >= 0.3 is 0 Å². The Morgan fingerprint density at radius 2 is 1.44 bits per heavy atom. The predicted octanol–water partition coefficient (Wildman–Crippen LogP) is 4.74. The number of nitrogens with zero attached hydrogens (tertiary/aromatic N) is 3. The number of fused-ring (bicyclic) bond motifs is 3. The number of hydrogen-bond acceptors (Lipinski definition) is 3. The first-order valence-corrected chi connectivity index (χ1v) is 8.14. The van der Waals surface area contributed by atoms with Crippen LogP contribution in [-0.2, 0) is 0 Å². The summed E-state index contributed by atoms with van der Waals surface area (Å²) in [5.41, 5.74) is 2.84. The molecule has 5 rings (SSSR count). The van der Waals surface area contributed by atoms with Gasteiger partial charge < -0.3 is 4.74 Å². The number of rotatable bonds is 2. The topological polar surface area (TPSA) is 39.9 Å². The van der Waals surface area contributed by atoms with Gasteiger partial charge in [-0.25, -0.2) is 4.68 Å². The Bertz CT molecular complexity index is 1220. The lowest BCUT2D eigenvalue weighted by Crippen LogP contribution is -1.96. The molecule has 1 aromatic heterocycles. The van der Waals surface area contributed by atoms with Gasteiger partial charge in [-0.2, -0.15) is 0 Å². The van der Waals surface area contributed by atoms with Gasteiger partial charge in [-0.1, -0.05) is 29.5 Å². The van der Waals surface area contributed by atoms with E-state index in [-0.39, 0.29) is 0 Å². The van der Waals surface area contributed by atoms with E-state index in [1.807, 2.05) is 28.9 Å². The molecular weight excluding hydrogens is 310 g/mol. The summed E-state index contributed by atoms with van der Waals surface area (Å²) in [5.74, 6) is 0.824. The van der Waals surface area contributed by atoms with Crippen molar-refractivity contribution in [3.05, 3.63) is 72.8 Å². The van der Waals surface area contributed by atoms with Crippen LogP contribution < -0.4 is 4.74 Å². The van der Waals surface area contributed by atoms with E-state index in [9.17, 15) is 0 Å². The van der Waals surface area contributed by atoms with E-state index in [1.54, 1.807) is 7.11 Å². The standard InChI is InChI=1S/C21H15N3O/c1-25-19-8-6-18(7-9-19)24-21-13-17-11-15-5-3-2-4-14(15)10-16(17)12-20(21)22-23-24/h2-13H,1H3. The first-order valence-electron chi connectivity index (χ1n) is 8.14. The molecule has 0 aliphatic carbocycles. The molecule has 0 N–H and O–H groups in total. The van der Waals surface area contributed by atoms with Gasteiger partial charge in [-0.15, -0.1) is 5.10 Å². The van der Waals surface area contributed by atoms with Gasteiger partial charge in [0, 0.05) is 0 Å². The monoisotopic (exact) mass is 325 g/mol. The summed E-state index contributed by atoms with van der Waals surface area (Å²) in [5, 5.41) is 13.5.